The van der Waals surface area contributed by atoms with Crippen molar-refractivity contribution in [3.8, 4) is 11.5 Å². The largest absolute Gasteiger partial charge is 0.462 e. The molecule has 0 aliphatic carbocycles. The highest BCUT2D eigenvalue weighted by Gasteiger charge is 2.32. The first kappa shape index (κ1) is 15.1. The van der Waals surface area contributed by atoms with Crippen LogP contribution in [-0.2, 0) is 7.05 Å². The van der Waals surface area contributed by atoms with Crippen molar-refractivity contribution in [2.45, 2.75) is 25.8 Å². The van der Waals surface area contributed by atoms with E-state index in [2.05, 4.69) is 10.1 Å². The zero-order valence-corrected chi connectivity index (χ0v) is 14.4. The van der Waals surface area contributed by atoms with Gasteiger partial charge in [0.1, 0.15) is 12.0 Å². The minimum atomic E-state index is 0.00306. The van der Waals surface area contributed by atoms with Crippen LogP contribution in [0.4, 0.5) is 0 Å². The van der Waals surface area contributed by atoms with Crippen LogP contribution in [0.5, 0.6) is 0 Å². The summed E-state index contributed by atoms with van der Waals surface area (Å²) in [5, 5.41) is 7.15. The topological polar surface area (TPSA) is 64.2 Å². The molecule has 24 heavy (non-hydrogen) atoms. The summed E-state index contributed by atoms with van der Waals surface area (Å²) in [4.78, 5) is 19.2. The van der Waals surface area contributed by atoms with Crippen molar-refractivity contribution in [1.82, 2.24) is 19.7 Å². The Morgan fingerprint density at radius 1 is 1.46 bits per heavy atom. The maximum atomic E-state index is 12.9. The van der Waals surface area contributed by atoms with Crippen LogP contribution < -0.4 is 0 Å². The highest BCUT2D eigenvalue weighted by atomic mass is 32.1. The first-order valence-electron chi connectivity index (χ1n) is 7.92. The van der Waals surface area contributed by atoms with Gasteiger partial charge in [-0.2, -0.15) is 5.10 Å². The Morgan fingerprint density at radius 2 is 2.33 bits per heavy atom. The number of amides is 1. The summed E-state index contributed by atoms with van der Waals surface area (Å²) >= 11 is 1.57. The molecule has 124 valence electrons. The van der Waals surface area contributed by atoms with Gasteiger partial charge in [0.2, 0.25) is 0 Å². The average molecular weight is 342 g/mol. The van der Waals surface area contributed by atoms with E-state index in [-0.39, 0.29) is 11.9 Å². The van der Waals surface area contributed by atoms with Crippen molar-refractivity contribution >= 4 is 17.2 Å². The molecule has 3 aromatic heterocycles. The Hall–Kier alpha value is -2.41. The summed E-state index contributed by atoms with van der Waals surface area (Å²) in [5.41, 5.74) is 2.44. The molecule has 6 nitrogen and oxygen atoms in total. The Kier molecular flexibility index (Phi) is 3.72. The molecule has 1 fully saturated rings. The number of rotatable bonds is 3. The van der Waals surface area contributed by atoms with Crippen molar-refractivity contribution in [3.05, 3.63) is 46.2 Å². The van der Waals surface area contributed by atoms with Gasteiger partial charge in [-0.25, -0.2) is 4.98 Å². The molecular weight excluding hydrogens is 324 g/mol. The van der Waals surface area contributed by atoms with E-state index in [4.69, 9.17) is 4.42 Å². The summed E-state index contributed by atoms with van der Waals surface area (Å²) in [6.45, 7) is 2.71. The summed E-state index contributed by atoms with van der Waals surface area (Å²) < 4.78 is 7.34. The van der Waals surface area contributed by atoms with E-state index >= 15 is 0 Å². The fourth-order valence-electron chi connectivity index (χ4n) is 3.19. The van der Waals surface area contributed by atoms with E-state index < -0.39 is 0 Å². The number of hydrogen-bond donors (Lipinski definition) is 0. The second-order valence-corrected chi connectivity index (χ2v) is 7.12. The molecular formula is C17H18N4O2S. The molecule has 4 rings (SSSR count). The number of thiazole rings is 1. The van der Waals surface area contributed by atoms with Crippen molar-refractivity contribution < 1.29 is 9.21 Å². The highest BCUT2D eigenvalue weighted by Crippen LogP contribution is 2.33. The molecule has 0 unspecified atom stereocenters. The summed E-state index contributed by atoms with van der Waals surface area (Å²) in [5.74, 6) is 0.642. The summed E-state index contributed by atoms with van der Waals surface area (Å²) in [6.07, 6.45) is 7.32. The second-order valence-electron chi connectivity index (χ2n) is 6.06. The third kappa shape index (κ3) is 2.65. The van der Waals surface area contributed by atoms with Crippen LogP contribution in [0.2, 0.25) is 0 Å². The van der Waals surface area contributed by atoms with Gasteiger partial charge in [-0.15, -0.1) is 11.3 Å². The van der Waals surface area contributed by atoms with Crippen molar-refractivity contribution in [3.63, 3.8) is 0 Å². The molecule has 4 heterocycles. The van der Waals surface area contributed by atoms with E-state index in [1.54, 1.807) is 22.1 Å². The Bertz CT molecular complexity index is 879. The van der Waals surface area contributed by atoms with E-state index in [1.165, 1.54) is 6.26 Å². The predicted octanol–water partition coefficient (Wildman–Crippen LogP) is 3.42. The van der Waals surface area contributed by atoms with E-state index in [1.807, 2.05) is 36.6 Å². The molecule has 3 aromatic rings. The van der Waals surface area contributed by atoms with Crippen LogP contribution in [-0.4, -0.2) is 32.1 Å². The SMILES string of the molecule is Cc1nc(-c2cc(C(=O)N3CCC[C@@H]3c3cnn(C)c3)co2)cs1. The van der Waals surface area contributed by atoms with Gasteiger partial charge in [0, 0.05) is 30.7 Å². The second kappa shape index (κ2) is 5.90. The van der Waals surface area contributed by atoms with E-state index in [9.17, 15) is 4.79 Å². The third-order valence-electron chi connectivity index (χ3n) is 4.34. The first-order chi connectivity index (χ1) is 11.6. The lowest BCUT2D eigenvalue weighted by Crippen LogP contribution is -2.30. The Morgan fingerprint density at radius 3 is 3.04 bits per heavy atom. The van der Waals surface area contributed by atoms with E-state index in [0.717, 1.165) is 35.7 Å². The quantitative estimate of drug-likeness (QED) is 0.731. The fourth-order valence-corrected chi connectivity index (χ4v) is 3.80. The number of hydrogen-bond acceptors (Lipinski definition) is 5. The number of carbonyl (C=O) groups is 1. The van der Waals surface area contributed by atoms with Gasteiger partial charge in [0.25, 0.3) is 5.91 Å². The molecule has 0 radical (unpaired) electrons. The smallest absolute Gasteiger partial charge is 0.257 e. The Balaban J connectivity index is 1.58. The van der Waals surface area contributed by atoms with Crippen LogP contribution in [0.25, 0.3) is 11.5 Å². The highest BCUT2D eigenvalue weighted by molar-refractivity contribution is 7.09. The van der Waals surface area contributed by atoms with Gasteiger partial charge in [-0.3, -0.25) is 9.48 Å². The lowest BCUT2D eigenvalue weighted by atomic mass is 10.1. The maximum absolute atomic E-state index is 12.9. The van der Waals surface area contributed by atoms with Crippen LogP contribution in [0, 0.1) is 6.92 Å². The number of likely N-dealkylation sites (tertiary alicyclic amines) is 1. The zero-order chi connectivity index (χ0) is 16.7. The fraction of sp³-hybridized carbons (Fsp3) is 0.353. The molecule has 1 aliphatic rings. The number of aromatic nitrogens is 3. The first-order valence-corrected chi connectivity index (χ1v) is 8.80. The number of carbonyl (C=O) groups excluding carboxylic acids is 1. The van der Waals surface area contributed by atoms with Crippen LogP contribution in [0.15, 0.2) is 34.5 Å². The maximum Gasteiger partial charge on any atom is 0.257 e. The van der Waals surface area contributed by atoms with Crippen LogP contribution in [0.3, 0.4) is 0 Å². The lowest BCUT2D eigenvalue weighted by Gasteiger charge is -2.23. The molecule has 0 aromatic carbocycles. The van der Waals surface area contributed by atoms with Gasteiger partial charge < -0.3 is 9.32 Å². The van der Waals surface area contributed by atoms with Gasteiger partial charge in [0.05, 0.1) is 22.8 Å². The minimum Gasteiger partial charge on any atom is -0.462 e. The van der Waals surface area contributed by atoms with Gasteiger partial charge >= 0.3 is 0 Å². The molecule has 0 N–H and O–H groups in total. The van der Waals surface area contributed by atoms with Crippen molar-refractivity contribution in [1.29, 1.82) is 0 Å². The summed E-state index contributed by atoms with van der Waals surface area (Å²) in [7, 11) is 1.89. The zero-order valence-electron chi connectivity index (χ0n) is 13.6. The van der Waals surface area contributed by atoms with Crippen LogP contribution in [0.1, 0.15) is 39.8 Å². The van der Waals surface area contributed by atoms with E-state index in [0.29, 0.717) is 11.3 Å². The monoisotopic (exact) mass is 342 g/mol. The molecule has 1 aliphatic heterocycles. The third-order valence-corrected chi connectivity index (χ3v) is 5.11. The van der Waals surface area contributed by atoms with Gasteiger partial charge in [0.15, 0.2) is 5.76 Å². The molecule has 0 spiro atoms. The number of nitrogens with zero attached hydrogens (tertiary/aromatic N) is 4. The predicted molar refractivity (Wildman–Crippen MR) is 90.8 cm³/mol. The standard InChI is InChI=1S/C17H18N4O2S/c1-11-19-14(10-24-11)16-6-12(9-23-16)17(22)21-5-3-4-15(21)13-7-18-20(2)8-13/h6-10,15H,3-5H2,1-2H3/t15-/m1/s1. The van der Waals surface area contributed by atoms with Crippen molar-refractivity contribution in [2.75, 3.05) is 6.54 Å². The normalized spacial score (nSPS) is 17.6. The van der Waals surface area contributed by atoms with Gasteiger partial charge in [-0.1, -0.05) is 0 Å². The molecule has 1 amide bonds. The van der Waals surface area contributed by atoms with Crippen LogP contribution >= 0.6 is 11.3 Å². The minimum absolute atomic E-state index is 0.00306. The molecule has 0 bridgehead atoms. The number of furan rings is 1. The lowest BCUT2D eigenvalue weighted by molar-refractivity contribution is 0.0735. The molecule has 1 atom stereocenters. The average Bonchev–Trinajstić information content (AvgIpc) is 3.33. The Labute approximate surface area is 143 Å². The molecule has 7 heteroatoms. The van der Waals surface area contributed by atoms with Gasteiger partial charge in [-0.05, 0) is 25.8 Å². The summed E-state index contributed by atoms with van der Waals surface area (Å²) in [6, 6.07) is 1.88. The van der Waals surface area contributed by atoms with Crippen molar-refractivity contribution in [2.24, 2.45) is 7.05 Å². The molecule has 1 saturated heterocycles. The molecule has 0 saturated carbocycles. The number of aryl methyl sites for hydroxylation is 2.